The Morgan fingerprint density at radius 1 is 1.55 bits per heavy atom. The number of hydrogen-bond acceptors (Lipinski definition) is 1. The van der Waals surface area contributed by atoms with E-state index in [1.165, 1.54) is 12.3 Å². The lowest BCUT2D eigenvalue weighted by Gasteiger charge is -1.97. The Morgan fingerprint density at radius 2 is 2.27 bits per heavy atom. The van der Waals surface area contributed by atoms with Gasteiger partial charge in [-0.25, -0.2) is 4.39 Å². The zero-order valence-corrected chi connectivity index (χ0v) is 7.44. The van der Waals surface area contributed by atoms with Gasteiger partial charge in [0.15, 0.2) is 0 Å². The monoisotopic (exact) mass is 215 g/mol. The van der Waals surface area contributed by atoms with Crippen molar-refractivity contribution in [2.45, 2.75) is 18.8 Å². The molecule has 1 aromatic heterocycles. The molecule has 2 rings (SSSR count). The van der Waals surface area contributed by atoms with Crippen LogP contribution in [0.5, 0.6) is 0 Å². The fourth-order valence-corrected chi connectivity index (χ4v) is 1.25. The SMILES string of the molecule is Fc1cc(C2CC2)ncc1Br. The predicted molar refractivity (Wildman–Crippen MR) is 43.9 cm³/mol. The van der Waals surface area contributed by atoms with Gasteiger partial charge in [0.1, 0.15) is 5.82 Å². The first-order valence-electron chi connectivity index (χ1n) is 3.58. The van der Waals surface area contributed by atoms with E-state index in [2.05, 4.69) is 20.9 Å². The van der Waals surface area contributed by atoms with Crippen LogP contribution in [0.3, 0.4) is 0 Å². The van der Waals surface area contributed by atoms with Crippen LogP contribution in [0.1, 0.15) is 24.5 Å². The van der Waals surface area contributed by atoms with E-state index in [1.807, 2.05) is 0 Å². The molecule has 0 amide bonds. The molecule has 11 heavy (non-hydrogen) atoms. The zero-order valence-electron chi connectivity index (χ0n) is 5.85. The van der Waals surface area contributed by atoms with Crippen LogP contribution in [0, 0.1) is 5.82 Å². The fraction of sp³-hybridized carbons (Fsp3) is 0.375. The van der Waals surface area contributed by atoms with Crippen molar-refractivity contribution in [1.82, 2.24) is 4.98 Å². The quantitative estimate of drug-likeness (QED) is 0.703. The lowest BCUT2D eigenvalue weighted by molar-refractivity contribution is 0.615. The molecular weight excluding hydrogens is 209 g/mol. The van der Waals surface area contributed by atoms with Crippen molar-refractivity contribution in [3.63, 3.8) is 0 Å². The largest absolute Gasteiger partial charge is 0.260 e. The van der Waals surface area contributed by atoms with Crippen molar-refractivity contribution in [2.24, 2.45) is 0 Å². The molecule has 0 N–H and O–H groups in total. The van der Waals surface area contributed by atoms with Gasteiger partial charge in [-0.2, -0.15) is 0 Å². The Hall–Kier alpha value is -0.440. The summed E-state index contributed by atoms with van der Waals surface area (Å²) in [5.41, 5.74) is 0.894. The molecule has 0 aromatic carbocycles. The Bertz CT molecular complexity index is 283. The molecule has 1 saturated carbocycles. The van der Waals surface area contributed by atoms with Crippen molar-refractivity contribution in [1.29, 1.82) is 0 Å². The second-order valence-electron chi connectivity index (χ2n) is 2.80. The molecule has 0 aliphatic heterocycles. The number of aromatic nitrogens is 1. The van der Waals surface area contributed by atoms with E-state index < -0.39 is 0 Å². The highest BCUT2D eigenvalue weighted by Crippen LogP contribution is 2.39. The van der Waals surface area contributed by atoms with Gasteiger partial charge in [-0.15, -0.1) is 0 Å². The number of halogens is 2. The normalized spacial score (nSPS) is 16.9. The molecule has 0 unspecified atom stereocenters. The smallest absolute Gasteiger partial charge is 0.140 e. The first-order chi connectivity index (χ1) is 5.27. The predicted octanol–water partition coefficient (Wildman–Crippen LogP) is 2.86. The van der Waals surface area contributed by atoms with Crippen LogP contribution in [0.2, 0.25) is 0 Å². The maximum absolute atomic E-state index is 12.9. The van der Waals surface area contributed by atoms with Gasteiger partial charge in [0.2, 0.25) is 0 Å². The highest BCUT2D eigenvalue weighted by Gasteiger charge is 2.25. The first-order valence-corrected chi connectivity index (χ1v) is 4.37. The van der Waals surface area contributed by atoms with Crippen LogP contribution in [-0.2, 0) is 0 Å². The minimum absolute atomic E-state index is 0.207. The molecule has 3 heteroatoms. The molecule has 1 aliphatic rings. The topological polar surface area (TPSA) is 12.9 Å². The molecule has 58 valence electrons. The molecule has 1 fully saturated rings. The average molecular weight is 216 g/mol. The summed E-state index contributed by atoms with van der Waals surface area (Å²) in [6.45, 7) is 0. The van der Waals surface area contributed by atoms with Crippen LogP contribution in [-0.4, -0.2) is 4.98 Å². The third kappa shape index (κ3) is 1.43. The van der Waals surface area contributed by atoms with Gasteiger partial charge < -0.3 is 0 Å². The van der Waals surface area contributed by atoms with E-state index in [9.17, 15) is 4.39 Å². The Morgan fingerprint density at radius 3 is 2.82 bits per heavy atom. The number of nitrogens with zero attached hydrogens (tertiary/aromatic N) is 1. The van der Waals surface area contributed by atoms with Crippen molar-refractivity contribution in [3.8, 4) is 0 Å². The van der Waals surface area contributed by atoms with Gasteiger partial charge in [-0.1, -0.05) is 0 Å². The van der Waals surface area contributed by atoms with Crippen LogP contribution in [0.15, 0.2) is 16.7 Å². The van der Waals surface area contributed by atoms with Crippen molar-refractivity contribution >= 4 is 15.9 Å². The minimum atomic E-state index is -0.207. The van der Waals surface area contributed by atoms with E-state index in [-0.39, 0.29) is 5.82 Å². The molecular formula is C8H7BrFN. The lowest BCUT2D eigenvalue weighted by Crippen LogP contribution is -1.88. The minimum Gasteiger partial charge on any atom is -0.260 e. The molecule has 1 aliphatic carbocycles. The van der Waals surface area contributed by atoms with E-state index in [0.717, 1.165) is 18.5 Å². The van der Waals surface area contributed by atoms with Crippen molar-refractivity contribution in [2.75, 3.05) is 0 Å². The standard InChI is InChI=1S/C8H7BrFN/c9-6-4-11-8(3-7(6)10)5-1-2-5/h3-5H,1-2H2. The van der Waals surface area contributed by atoms with Crippen LogP contribution >= 0.6 is 15.9 Å². The van der Waals surface area contributed by atoms with Crippen LogP contribution < -0.4 is 0 Å². The lowest BCUT2D eigenvalue weighted by atomic mass is 10.2. The highest BCUT2D eigenvalue weighted by molar-refractivity contribution is 9.10. The summed E-state index contributed by atoms with van der Waals surface area (Å²) in [7, 11) is 0. The Balaban J connectivity index is 2.36. The number of hydrogen-bond donors (Lipinski definition) is 0. The molecule has 1 nitrogen and oxygen atoms in total. The van der Waals surface area contributed by atoms with Gasteiger partial charge in [-0.05, 0) is 34.8 Å². The number of pyridine rings is 1. The van der Waals surface area contributed by atoms with E-state index in [0.29, 0.717) is 10.4 Å². The fourth-order valence-electron chi connectivity index (χ4n) is 1.03. The molecule has 0 atom stereocenters. The van der Waals surface area contributed by atoms with Gasteiger partial charge in [-0.3, -0.25) is 4.98 Å². The summed E-state index contributed by atoms with van der Waals surface area (Å²) in [6, 6.07) is 1.52. The van der Waals surface area contributed by atoms with Gasteiger partial charge in [0, 0.05) is 17.8 Å². The van der Waals surface area contributed by atoms with Gasteiger partial charge >= 0.3 is 0 Å². The third-order valence-corrected chi connectivity index (χ3v) is 2.41. The molecule has 0 bridgehead atoms. The van der Waals surface area contributed by atoms with Crippen molar-refractivity contribution in [3.05, 3.63) is 28.2 Å². The summed E-state index contributed by atoms with van der Waals surface area (Å²) < 4.78 is 13.3. The van der Waals surface area contributed by atoms with Crippen LogP contribution in [0.4, 0.5) is 4.39 Å². The molecule has 1 aromatic rings. The molecule has 0 radical (unpaired) electrons. The summed E-state index contributed by atoms with van der Waals surface area (Å²) in [5, 5.41) is 0. The summed E-state index contributed by atoms with van der Waals surface area (Å²) in [5.74, 6) is 0.319. The molecule has 0 saturated heterocycles. The molecule has 0 spiro atoms. The van der Waals surface area contributed by atoms with Gasteiger partial charge in [0.05, 0.1) is 4.47 Å². The zero-order chi connectivity index (χ0) is 7.84. The maximum atomic E-state index is 12.9. The maximum Gasteiger partial charge on any atom is 0.140 e. The summed E-state index contributed by atoms with van der Waals surface area (Å²) in [6.07, 6.45) is 3.85. The first kappa shape index (κ1) is 7.22. The van der Waals surface area contributed by atoms with E-state index in [4.69, 9.17) is 0 Å². The second-order valence-corrected chi connectivity index (χ2v) is 3.65. The second kappa shape index (κ2) is 2.55. The van der Waals surface area contributed by atoms with E-state index >= 15 is 0 Å². The average Bonchev–Trinajstić information content (AvgIpc) is 2.77. The molecule has 1 heterocycles. The van der Waals surface area contributed by atoms with E-state index in [1.54, 1.807) is 0 Å². The van der Waals surface area contributed by atoms with Gasteiger partial charge in [0.25, 0.3) is 0 Å². The summed E-state index contributed by atoms with van der Waals surface area (Å²) in [4.78, 5) is 4.11. The Kier molecular flexibility index (Phi) is 1.68. The highest BCUT2D eigenvalue weighted by atomic mass is 79.9. The number of rotatable bonds is 1. The van der Waals surface area contributed by atoms with Crippen LogP contribution in [0.25, 0.3) is 0 Å². The third-order valence-electron chi connectivity index (χ3n) is 1.83. The van der Waals surface area contributed by atoms with Crippen molar-refractivity contribution < 1.29 is 4.39 Å². The Labute approximate surface area is 72.8 Å². The summed E-state index contributed by atoms with van der Waals surface area (Å²) >= 11 is 3.06.